The highest BCUT2D eigenvalue weighted by molar-refractivity contribution is 7.08. The van der Waals surface area contributed by atoms with E-state index in [0.29, 0.717) is 4.88 Å². The predicted molar refractivity (Wildman–Crippen MR) is 77.6 cm³/mol. The smallest absolute Gasteiger partial charge is 0.265 e. The summed E-state index contributed by atoms with van der Waals surface area (Å²) in [4.78, 5) is 12.8. The van der Waals surface area contributed by atoms with E-state index in [-0.39, 0.29) is 12.5 Å². The summed E-state index contributed by atoms with van der Waals surface area (Å²) in [6.45, 7) is 1.88. The molecule has 0 aliphatic heterocycles. The summed E-state index contributed by atoms with van der Waals surface area (Å²) in [7, 11) is 0. The van der Waals surface area contributed by atoms with Crippen molar-refractivity contribution in [3.05, 3.63) is 46.5 Å². The number of rotatable bonds is 6. The molecule has 1 amide bonds. The predicted octanol–water partition coefficient (Wildman–Crippen LogP) is 1.95. The molecule has 0 radical (unpaired) electrons. The molecule has 2 aromatic rings. The van der Waals surface area contributed by atoms with E-state index in [4.69, 9.17) is 0 Å². The minimum Gasteiger partial charge on any atom is -0.394 e. The van der Waals surface area contributed by atoms with Gasteiger partial charge in [0.05, 0.1) is 18.3 Å². The molecular formula is C14H17N3O2S. The number of nitrogens with one attached hydrogen (secondary N) is 1. The SMILES string of the molecule is CCCc1nnsc1C(=O)NC(CO)c1ccccc1. The highest BCUT2D eigenvalue weighted by Gasteiger charge is 2.19. The zero-order valence-corrected chi connectivity index (χ0v) is 12.1. The summed E-state index contributed by atoms with van der Waals surface area (Å²) in [6.07, 6.45) is 1.64. The molecule has 0 aliphatic rings. The van der Waals surface area contributed by atoms with E-state index < -0.39 is 6.04 Å². The minimum absolute atomic E-state index is 0.148. The van der Waals surface area contributed by atoms with Crippen LogP contribution in [0.1, 0.15) is 40.3 Å². The fraction of sp³-hybridized carbons (Fsp3) is 0.357. The maximum absolute atomic E-state index is 12.3. The molecule has 0 aliphatic carbocycles. The molecule has 0 bridgehead atoms. The Balaban J connectivity index is 2.11. The fourth-order valence-electron chi connectivity index (χ4n) is 1.92. The molecule has 1 heterocycles. The van der Waals surface area contributed by atoms with Crippen LogP contribution in [0.4, 0.5) is 0 Å². The number of hydrogen-bond acceptors (Lipinski definition) is 5. The first-order valence-electron chi connectivity index (χ1n) is 6.54. The van der Waals surface area contributed by atoms with E-state index in [9.17, 15) is 9.90 Å². The number of aliphatic hydroxyl groups excluding tert-OH is 1. The van der Waals surface area contributed by atoms with Gasteiger partial charge in [-0.05, 0) is 23.5 Å². The molecular weight excluding hydrogens is 274 g/mol. The Morgan fingerprint density at radius 3 is 2.80 bits per heavy atom. The Kier molecular flexibility index (Phi) is 5.20. The van der Waals surface area contributed by atoms with Crippen LogP contribution >= 0.6 is 11.5 Å². The quantitative estimate of drug-likeness (QED) is 0.853. The Morgan fingerprint density at radius 2 is 2.15 bits per heavy atom. The molecule has 0 saturated heterocycles. The van der Waals surface area contributed by atoms with Crippen LogP contribution in [0.25, 0.3) is 0 Å². The van der Waals surface area contributed by atoms with E-state index in [1.165, 1.54) is 0 Å². The summed E-state index contributed by atoms with van der Waals surface area (Å²) < 4.78 is 3.84. The minimum atomic E-state index is -0.416. The van der Waals surface area contributed by atoms with Gasteiger partial charge >= 0.3 is 0 Å². The first-order chi connectivity index (χ1) is 9.76. The van der Waals surface area contributed by atoms with Crippen LogP contribution in [0, 0.1) is 0 Å². The second-order valence-electron chi connectivity index (χ2n) is 4.42. The molecule has 1 aromatic carbocycles. The van der Waals surface area contributed by atoms with E-state index in [0.717, 1.165) is 35.6 Å². The number of carbonyl (C=O) groups is 1. The molecule has 0 saturated carbocycles. The van der Waals surface area contributed by atoms with Crippen LogP contribution in [0.2, 0.25) is 0 Å². The van der Waals surface area contributed by atoms with Crippen molar-refractivity contribution in [2.45, 2.75) is 25.8 Å². The second-order valence-corrected chi connectivity index (χ2v) is 5.17. The summed E-state index contributed by atoms with van der Waals surface area (Å²) in [5, 5.41) is 16.3. The molecule has 5 nitrogen and oxygen atoms in total. The number of nitrogens with zero attached hydrogens (tertiary/aromatic N) is 2. The van der Waals surface area contributed by atoms with Crippen molar-refractivity contribution >= 4 is 17.4 Å². The molecule has 1 unspecified atom stereocenters. The molecule has 0 spiro atoms. The average molecular weight is 291 g/mol. The van der Waals surface area contributed by atoms with Gasteiger partial charge in [-0.15, -0.1) is 5.10 Å². The number of aryl methyl sites for hydroxylation is 1. The van der Waals surface area contributed by atoms with Gasteiger partial charge < -0.3 is 10.4 Å². The Labute approximate surface area is 121 Å². The largest absolute Gasteiger partial charge is 0.394 e. The normalized spacial score (nSPS) is 12.1. The molecule has 1 atom stereocenters. The first kappa shape index (κ1) is 14.6. The van der Waals surface area contributed by atoms with Crippen molar-refractivity contribution in [1.29, 1.82) is 0 Å². The number of benzene rings is 1. The molecule has 1 aromatic heterocycles. The van der Waals surface area contributed by atoms with Crippen molar-refractivity contribution in [1.82, 2.24) is 14.9 Å². The standard InChI is InChI=1S/C14H17N3O2S/c1-2-6-11-13(20-17-16-11)14(19)15-12(9-18)10-7-4-3-5-8-10/h3-5,7-8,12,18H,2,6,9H2,1H3,(H,15,19). The Bertz CT molecular complexity index is 557. The van der Waals surface area contributed by atoms with Crippen LogP contribution in [-0.4, -0.2) is 27.2 Å². The molecule has 2 rings (SSSR count). The Hall–Kier alpha value is -1.79. The van der Waals surface area contributed by atoms with Gasteiger partial charge in [-0.2, -0.15) is 0 Å². The summed E-state index contributed by atoms with van der Waals surface area (Å²) in [6, 6.07) is 8.98. The number of hydrogen-bond donors (Lipinski definition) is 2. The molecule has 2 N–H and O–H groups in total. The number of aliphatic hydroxyl groups is 1. The van der Waals surface area contributed by atoms with Gasteiger partial charge in [0, 0.05) is 0 Å². The zero-order valence-electron chi connectivity index (χ0n) is 11.2. The average Bonchev–Trinajstić information content (AvgIpc) is 2.94. The monoisotopic (exact) mass is 291 g/mol. The maximum Gasteiger partial charge on any atom is 0.265 e. The van der Waals surface area contributed by atoms with Crippen LogP contribution < -0.4 is 5.32 Å². The van der Waals surface area contributed by atoms with Gasteiger partial charge in [-0.1, -0.05) is 48.2 Å². The highest BCUT2D eigenvalue weighted by atomic mass is 32.1. The van der Waals surface area contributed by atoms with E-state index in [1.807, 2.05) is 37.3 Å². The van der Waals surface area contributed by atoms with Crippen molar-refractivity contribution in [2.24, 2.45) is 0 Å². The fourth-order valence-corrected chi connectivity index (χ4v) is 2.54. The number of amides is 1. The lowest BCUT2D eigenvalue weighted by Crippen LogP contribution is -2.30. The van der Waals surface area contributed by atoms with Crippen molar-refractivity contribution < 1.29 is 9.90 Å². The molecule has 0 fully saturated rings. The van der Waals surface area contributed by atoms with Crippen molar-refractivity contribution in [3.8, 4) is 0 Å². The number of aromatic nitrogens is 2. The highest BCUT2D eigenvalue weighted by Crippen LogP contribution is 2.16. The third kappa shape index (κ3) is 3.40. The summed E-state index contributed by atoms with van der Waals surface area (Å²) in [5.74, 6) is -0.230. The topological polar surface area (TPSA) is 75.1 Å². The van der Waals surface area contributed by atoms with Gasteiger partial charge in [0.15, 0.2) is 0 Å². The van der Waals surface area contributed by atoms with Gasteiger partial charge in [-0.3, -0.25) is 4.79 Å². The maximum atomic E-state index is 12.3. The molecule has 20 heavy (non-hydrogen) atoms. The van der Waals surface area contributed by atoms with Gasteiger partial charge in [-0.25, -0.2) is 0 Å². The molecule has 6 heteroatoms. The van der Waals surface area contributed by atoms with Crippen LogP contribution in [-0.2, 0) is 6.42 Å². The lowest BCUT2D eigenvalue weighted by molar-refractivity contribution is 0.0919. The summed E-state index contributed by atoms with van der Waals surface area (Å²) in [5.41, 5.74) is 1.60. The molecule has 106 valence electrons. The van der Waals surface area contributed by atoms with Gasteiger partial charge in [0.25, 0.3) is 5.91 Å². The van der Waals surface area contributed by atoms with Crippen molar-refractivity contribution in [3.63, 3.8) is 0 Å². The van der Waals surface area contributed by atoms with Crippen LogP contribution in [0.3, 0.4) is 0 Å². The van der Waals surface area contributed by atoms with E-state index in [2.05, 4.69) is 14.9 Å². The Morgan fingerprint density at radius 1 is 1.40 bits per heavy atom. The van der Waals surface area contributed by atoms with Crippen LogP contribution in [0.5, 0.6) is 0 Å². The second kappa shape index (κ2) is 7.12. The third-order valence-corrected chi connectivity index (χ3v) is 3.71. The number of carbonyl (C=O) groups excluding carboxylic acids is 1. The van der Waals surface area contributed by atoms with E-state index in [1.54, 1.807) is 0 Å². The van der Waals surface area contributed by atoms with Crippen molar-refractivity contribution in [2.75, 3.05) is 6.61 Å². The van der Waals surface area contributed by atoms with Crippen LogP contribution in [0.15, 0.2) is 30.3 Å². The summed E-state index contributed by atoms with van der Waals surface area (Å²) >= 11 is 1.09. The zero-order chi connectivity index (χ0) is 14.4. The third-order valence-electron chi connectivity index (χ3n) is 2.94. The lowest BCUT2D eigenvalue weighted by Gasteiger charge is -2.16. The van der Waals surface area contributed by atoms with E-state index >= 15 is 0 Å². The lowest BCUT2D eigenvalue weighted by atomic mass is 10.1. The van der Waals surface area contributed by atoms with Gasteiger partial charge in [0.1, 0.15) is 4.88 Å². The first-order valence-corrected chi connectivity index (χ1v) is 7.31. The van der Waals surface area contributed by atoms with Gasteiger partial charge in [0.2, 0.25) is 0 Å².